The van der Waals surface area contributed by atoms with Crippen molar-refractivity contribution in [2.75, 3.05) is 0 Å². The van der Waals surface area contributed by atoms with Crippen LogP contribution < -0.4 is 4.74 Å². The van der Waals surface area contributed by atoms with Crippen LogP contribution in [-0.2, 0) is 17.8 Å². The van der Waals surface area contributed by atoms with E-state index in [0.717, 1.165) is 16.0 Å². The van der Waals surface area contributed by atoms with E-state index in [4.69, 9.17) is 9.15 Å². The van der Waals surface area contributed by atoms with Gasteiger partial charge in [-0.15, -0.1) is 10.2 Å². The van der Waals surface area contributed by atoms with Gasteiger partial charge in [-0.2, -0.15) is 0 Å². The molecule has 0 unspecified atom stereocenters. The van der Waals surface area contributed by atoms with Gasteiger partial charge in [-0.1, -0.05) is 72.7 Å². The highest BCUT2D eigenvalue weighted by Crippen LogP contribution is 2.25. The zero-order valence-corrected chi connectivity index (χ0v) is 17.4. The zero-order valence-electron chi connectivity index (χ0n) is 15.0. The molecule has 0 aliphatic heterocycles. The largest absolute Gasteiger partial charge is 0.484 e. The van der Waals surface area contributed by atoms with Crippen molar-refractivity contribution in [2.24, 2.45) is 0 Å². The maximum Gasteiger partial charge on any atom is 0.277 e. The van der Waals surface area contributed by atoms with Gasteiger partial charge >= 0.3 is 0 Å². The molecule has 0 aliphatic carbocycles. The van der Waals surface area contributed by atoms with E-state index in [9.17, 15) is 0 Å². The minimum Gasteiger partial charge on any atom is -0.484 e. The van der Waals surface area contributed by atoms with Crippen molar-refractivity contribution in [2.45, 2.75) is 43.8 Å². The van der Waals surface area contributed by atoms with Crippen LogP contribution in [0.1, 0.15) is 37.8 Å². The van der Waals surface area contributed by atoms with Crippen molar-refractivity contribution in [3.63, 3.8) is 0 Å². The van der Waals surface area contributed by atoms with Crippen LogP contribution in [0.25, 0.3) is 0 Å². The summed E-state index contributed by atoms with van der Waals surface area (Å²) in [5.41, 5.74) is 2.61. The van der Waals surface area contributed by atoms with Crippen LogP contribution in [0, 0.1) is 0 Å². The highest BCUT2D eigenvalue weighted by molar-refractivity contribution is 9.10. The van der Waals surface area contributed by atoms with Gasteiger partial charge in [-0.25, -0.2) is 0 Å². The number of benzene rings is 2. The van der Waals surface area contributed by atoms with Crippen LogP contribution in [0.15, 0.2) is 62.6 Å². The lowest BCUT2D eigenvalue weighted by Crippen LogP contribution is -2.10. The molecule has 0 atom stereocenters. The highest BCUT2D eigenvalue weighted by atomic mass is 79.9. The van der Waals surface area contributed by atoms with Gasteiger partial charge in [0.2, 0.25) is 0 Å². The average molecular weight is 433 g/mol. The topological polar surface area (TPSA) is 48.2 Å². The van der Waals surface area contributed by atoms with E-state index in [-0.39, 0.29) is 12.0 Å². The van der Waals surface area contributed by atoms with Gasteiger partial charge in [-0.05, 0) is 40.8 Å². The normalized spacial score (nSPS) is 11.5. The van der Waals surface area contributed by atoms with Crippen LogP contribution in [0.4, 0.5) is 0 Å². The number of hydrogen-bond acceptors (Lipinski definition) is 5. The molecule has 26 heavy (non-hydrogen) atoms. The van der Waals surface area contributed by atoms with Gasteiger partial charge in [0.25, 0.3) is 11.1 Å². The minimum atomic E-state index is 0.131. The van der Waals surface area contributed by atoms with Gasteiger partial charge in [0.05, 0.1) is 0 Å². The summed E-state index contributed by atoms with van der Waals surface area (Å²) in [6.07, 6.45) is 0. The highest BCUT2D eigenvalue weighted by Gasteiger charge is 2.13. The van der Waals surface area contributed by atoms with Gasteiger partial charge < -0.3 is 9.15 Å². The van der Waals surface area contributed by atoms with Crippen LogP contribution in [0.2, 0.25) is 0 Å². The number of thioether (sulfide) groups is 1. The maximum atomic E-state index is 5.74. The predicted molar refractivity (Wildman–Crippen MR) is 107 cm³/mol. The first-order valence-corrected chi connectivity index (χ1v) is 10.1. The molecule has 1 heterocycles. The lowest BCUT2D eigenvalue weighted by atomic mass is 9.87. The van der Waals surface area contributed by atoms with E-state index in [1.54, 1.807) is 0 Å². The molecule has 6 heteroatoms. The Bertz CT molecular complexity index is 839. The summed E-state index contributed by atoms with van der Waals surface area (Å²) < 4.78 is 12.4. The third-order valence-corrected chi connectivity index (χ3v) is 5.22. The summed E-state index contributed by atoms with van der Waals surface area (Å²) in [4.78, 5) is 0. The number of nitrogens with zero attached hydrogens (tertiary/aromatic N) is 2. The lowest BCUT2D eigenvalue weighted by Gasteiger charge is -2.19. The average Bonchev–Trinajstić information content (AvgIpc) is 3.07. The summed E-state index contributed by atoms with van der Waals surface area (Å²) >= 11 is 4.95. The van der Waals surface area contributed by atoms with Crippen molar-refractivity contribution in [1.29, 1.82) is 0 Å². The molecule has 0 radical (unpaired) electrons. The zero-order chi connectivity index (χ0) is 18.6. The Balaban J connectivity index is 1.51. The molecule has 4 nitrogen and oxygen atoms in total. The van der Waals surface area contributed by atoms with Gasteiger partial charge in [0.15, 0.2) is 6.61 Å². The fourth-order valence-corrected chi connectivity index (χ4v) is 3.28. The van der Waals surface area contributed by atoms with Crippen LogP contribution >= 0.6 is 27.7 Å². The lowest BCUT2D eigenvalue weighted by molar-refractivity contribution is 0.252. The summed E-state index contributed by atoms with van der Waals surface area (Å²) in [5.74, 6) is 2.05. The Kier molecular flexibility index (Phi) is 6.04. The molecule has 1 aromatic heterocycles. The summed E-state index contributed by atoms with van der Waals surface area (Å²) in [6, 6.07) is 16.3. The number of rotatable bonds is 6. The molecule has 136 valence electrons. The predicted octanol–water partition coefficient (Wildman–Crippen LogP) is 6.00. The smallest absolute Gasteiger partial charge is 0.277 e. The van der Waals surface area contributed by atoms with E-state index in [2.05, 4.69) is 71.2 Å². The number of halogens is 1. The van der Waals surface area contributed by atoms with Crippen molar-refractivity contribution < 1.29 is 9.15 Å². The molecule has 2 aromatic carbocycles. The van der Waals surface area contributed by atoms with Crippen molar-refractivity contribution >= 4 is 27.7 Å². The molecular weight excluding hydrogens is 412 g/mol. The fourth-order valence-electron chi connectivity index (χ4n) is 2.28. The monoisotopic (exact) mass is 432 g/mol. The molecule has 0 bridgehead atoms. The Labute approximate surface area is 166 Å². The molecular formula is C20H21BrN2O2S. The number of aromatic nitrogens is 2. The Morgan fingerprint density at radius 1 is 1.00 bits per heavy atom. The van der Waals surface area contributed by atoms with Gasteiger partial charge in [-0.3, -0.25) is 0 Å². The van der Waals surface area contributed by atoms with Gasteiger partial charge in [0, 0.05) is 10.2 Å². The third kappa shape index (κ3) is 5.35. The first-order valence-electron chi connectivity index (χ1n) is 8.33. The number of ether oxygens (including phenoxy) is 1. The Morgan fingerprint density at radius 3 is 2.35 bits per heavy atom. The van der Waals surface area contributed by atoms with E-state index in [1.165, 1.54) is 22.9 Å². The summed E-state index contributed by atoms with van der Waals surface area (Å²) in [5, 5.41) is 8.66. The fraction of sp³-hybridized carbons (Fsp3) is 0.300. The van der Waals surface area contributed by atoms with Crippen LogP contribution in [-0.4, -0.2) is 10.2 Å². The van der Waals surface area contributed by atoms with Gasteiger partial charge in [0.1, 0.15) is 5.75 Å². The summed E-state index contributed by atoms with van der Waals surface area (Å²) in [7, 11) is 0. The standard InChI is InChI=1S/C20H21BrN2O2S/c1-20(2,3)15-6-10-17(11-7-15)24-12-18-22-23-19(25-18)26-13-14-4-8-16(21)9-5-14/h4-11H,12-13H2,1-3H3. The molecule has 0 N–H and O–H groups in total. The van der Waals surface area contributed by atoms with E-state index >= 15 is 0 Å². The van der Waals surface area contributed by atoms with Crippen molar-refractivity contribution in [3.05, 3.63) is 70.0 Å². The second-order valence-electron chi connectivity index (χ2n) is 6.94. The van der Waals surface area contributed by atoms with E-state index < -0.39 is 0 Å². The summed E-state index contributed by atoms with van der Waals surface area (Å²) in [6.45, 7) is 6.83. The molecule has 0 amide bonds. The number of hydrogen-bond donors (Lipinski definition) is 0. The second-order valence-corrected chi connectivity index (χ2v) is 8.78. The molecule has 0 aliphatic rings. The first kappa shape index (κ1) is 19.0. The SMILES string of the molecule is CC(C)(C)c1ccc(OCc2nnc(SCc3ccc(Br)cc3)o2)cc1. The van der Waals surface area contributed by atoms with Crippen LogP contribution in [0.3, 0.4) is 0 Å². The Morgan fingerprint density at radius 2 is 1.69 bits per heavy atom. The molecule has 3 aromatic rings. The first-order chi connectivity index (χ1) is 12.4. The minimum absolute atomic E-state index is 0.131. The molecule has 0 spiro atoms. The quantitative estimate of drug-likeness (QED) is 0.446. The third-order valence-electron chi connectivity index (χ3n) is 3.81. The molecule has 0 saturated heterocycles. The van der Waals surface area contributed by atoms with E-state index in [1.807, 2.05) is 24.3 Å². The Hall–Kier alpha value is -1.79. The maximum absolute atomic E-state index is 5.74. The van der Waals surface area contributed by atoms with Crippen molar-refractivity contribution in [3.8, 4) is 5.75 Å². The molecule has 3 rings (SSSR count). The van der Waals surface area contributed by atoms with Crippen molar-refractivity contribution in [1.82, 2.24) is 10.2 Å². The van der Waals surface area contributed by atoms with E-state index in [0.29, 0.717) is 11.1 Å². The second kappa shape index (κ2) is 8.27. The molecule has 0 fully saturated rings. The molecule has 0 saturated carbocycles. The van der Waals surface area contributed by atoms with Crippen LogP contribution in [0.5, 0.6) is 5.75 Å².